The van der Waals surface area contributed by atoms with Crippen molar-refractivity contribution >= 4 is 24.1 Å². The summed E-state index contributed by atoms with van der Waals surface area (Å²) in [6.45, 7) is 5.24. The summed E-state index contributed by atoms with van der Waals surface area (Å²) >= 11 is 0. The van der Waals surface area contributed by atoms with E-state index in [9.17, 15) is 4.79 Å². The van der Waals surface area contributed by atoms with Crippen molar-refractivity contribution in [1.82, 2.24) is 9.78 Å². The second kappa shape index (κ2) is 6.96. The molecule has 0 aliphatic carbocycles. The molecule has 0 fully saturated rings. The summed E-state index contributed by atoms with van der Waals surface area (Å²) in [6.07, 6.45) is 1.93. The van der Waals surface area contributed by atoms with Crippen LogP contribution in [0.4, 0.5) is 5.69 Å². The number of benzene rings is 1. The largest absolute Gasteiger partial charge is 0.478 e. The Hall–Kier alpha value is -2.01. The molecule has 1 heterocycles. The molecule has 1 aromatic carbocycles. The van der Waals surface area contributed by atoms with Crippen molar-refractivity contribution in [2.45, 2.75) is 26.9 Å². The zero-order valence-electron chi connectivity index (χ0n) is 11.5. The summed E-state index contributed by atoms with van der Waals surface area (Å²) in [6, 6.07) is 7.00. The second-order valence-corrected chi connectivity index (χ2v) is 4.30. The highest BCUT2D eigenvalue weighted by atomic mass is 35.5. The predicted octanol–water partition coefficient (Wildman–Crippen LogP) is 2.94. The fourth-order valence-corrected chi connectivity index (χ4v) is 1.93. The average Bonchev–Trinajstić information content (AvgIpc) is 2.77. The predicted molar refractivity (Wildman–Crippen MR) is 80.6 cm³/mol. The Labute approximate surface area is 124 Å². The summed E-state index contributed by atoms with van der Waals surface area (Å²) in [5, 5.41) is 16.7. The summed E-state index contributed by atoms with van der Waals surface area (Å²) in [7, 11) is 0. The van der Waals surface area contributed by atoms with Crippen molar-refractivity contribution < 1.29 is 9.90 Å². The number of aromatic carboxylic acids is 1. The number of nitrogens with zero attached hydrogens (tertiary/aromatic N) is 2. The molecule has 0 spiro atoms. The lowest BCUT2D eigenvalue weighted by atomic mass is 10.1. The van der Waals surface area contributed by atoms with Crippen LogP contribution < -0.4 is 5.32 Å². The van der Waals surface area contributed by atoms with Crippen LogP contribution in [0.3, 0.4) is 0 Å². The average molecular weight is 296 g/mol. The molecule has 2 rings (SSSR count). The van der Waals surface area contributed by atoms with Gasteiger partial charge in [-0.1, -0.05) is 18.2 Å². The molecule has 0 amide bonds. The highest BCUT2D eigenvalue weighted by Gasteiger charge is 2.09. The number of carbonyl (C=O) groups is 1. The number of aryl methyl sites for hydroxylation is 2. The first-order valence-electron chi connectivity index (χ1n) is 6.21. The van der Waals surface area contributed by atoms with Crippen LogP contribution in [0.25, 0.3) is 0 Å². The molecule has 108 valence electrons. The first-order valence-corrected chi connectivity index (χ1v) is 6.21. The number of halogens is 1. The van der Waals surface area contributed by atoms with Crippen LogP contribution in [-0.2, 0) is 13.1 Å². The molecule has 0 atom stereocenters. The molecule has 2 aromatic rings. The lowest BCUT2D eigenvalue weighted by molar-refractivity contribution is 0.0696. The number of nitrogens with one attached hydrogen (secondary N) is 1. The molecule has 0 unspecified atom stereocenters. The lowest BCUT2D eigenvalue weighted by Crippen LogP contribution is -2.07. The molecule has 0 saturated heterocycles. The van der Waals surface area contributed by atoms with E-state index in [-0.39, 0.29) is 12.4 Å². The van der Waals surface area contributed by atoms with Crippen molar-refractivity contribution in [3.8, 4) is 0 Å². The van der Waals surface area contributed by atoms with E-state index in [0.29, 0.717) is 12.1 Å². The van der Waals surface area contributed by atoms with E-state index >= 15 is 0 Å². The minimum atomic E-state index is -0.904. The molecule has 0 aliphatic heterocycles. The lowest BCUT2D eigenvalue weighted by Gasteiger charge is -2.07. The van der Waals surface area contributed by atoms with Crippen LogP contribution in [0, 0.1) is 6.92 Å². The topological polar surface area (TPSA) is 67.2 Å². The number of hydrogen-bond acceptors (Lipinski definition) is 3. The smallest absolute Gasteiger partial charge is 0.336 e. The van der Waals surface area contributed by atoms with Gasteiger partial charge in [-0.05, 0) is 25.5 Å². The van der Waals surface area contributed by atoms with E-state index < -0.39 is 5.97 Å². The van der Waals surface area contributed by atoms with Gasteiger partial charge in [0.2, 0.25) is 0 Å². The highest BCUT2D eigenvalue weighted by molar-refractivity contribution is 5.89. The second-order valence-electron chi connectivity index (χ2n) is 4.30. The van der Waals surface area contributed by atoms with Crippen LogP contribution in [0.2, 0.25) is 0 Å². The maximum atomic E-state index is 11.1. The van der Waals surface area contributed by atoms with E-state index in [0.717, 1.165) is 23.5 Å². The number of hydrogen-bond donors (Lipinski definition) is 2. The first kappa shape index (κ1) is 16.0. The fourth-order valence-electron chi connectivity index (χ4n) is 1.93. The van der Waals surface area contributed by atoms with Gasteiger partial charge in [0.25, 0.3) is 0 Å². The Balaban J connectivity index is 0.00000200. The van der Waals surface area contributed by atoms with Gasteiger partial charge < -0.3 is 10.4 Å². The summed E-state index contributed by atoms with van der Waals surface area (Å²) in [5.74, 6) is -0.904. The van der Waals surface area contributed by atoms with E-state index in [2.05, 4.69) is 10.4 Å². The van der Waals surface area contributed by atoms with Gasteiger partial charge in [-0.15, -0.1) is 12.4 Å². The SMILES string of the molecule is CCn1cc(NCc2ccccc2C(=O)O)c(C)n1.Cl. The number of anilines is 1. The van der Waals surface area contributed by atoms with E-state index in [1.807, 2.05) is 36.9 Å². The number of rotatable bonds is 5. The Morgan fingerprint density at radius 3 is 2.70 bits per heavy atom. The van der Waals surface area contributed by atoms with Gasteiger partial charge in [-0.25, -0.2) is 4.79 Å². The van der Waals surface area contributed by atoms with Gasteiger partial charge in [0, 0.05) is 19.3 Å². The normalized spacial score (nSPS) is 9.90. The zero-order chi connectivity index (χ0) is 13.8. The third-order valence-corrected chi connectivity index (χ3v) is 2.99. The minimum absolute atomic E-state index is 0. The minimum Gasteiger partial charge on any atom is -0.478 e. The summed E-state index contributed by atoms with van der Waals surface area (Å²) in [4.78, 5) is 11.1. The molecular weight excluding hydrogens is 278 g/mol. The highest BCUT2D eigenvalue weighted by Crippen LogP contribution is 2.15. The third kappa shape index (κ3) is 3.51. The van der Waals surface area contributed by atoms with Gasteiger partial charge in [0.1, 0.15) is 0 Å². The van der Waals surface area contributed by atoms with E-state index in [4.69, 9.17) is 5.11 Å². The molecule has 5 nitrogen and oxygen atoms in total. The van der Waals surface area contributed by atoms with Crippen molar-refractivity contribution in [2.24, 2.45) is 0 Å². The summed E-state index contributed by atoms with van der Waals surface area (Å²) in [5.41, 5.74) is 2.94. The standard InChI is InChI=1S/C14H17N3O2.ClH/c1-3-17-9-13(10(2)16-17)15-8-11-6-4-5-7-12(11)14(18)19;/h4-7,9,15H,3,8H2,1-2H3,(H,18,19);1H. The fraction of sp³-hybridized carbons (Fsp3) is 0.286. The van der Waals surface area contributed by atoms with Crippen LogP contribution in [0.1, 0.15) is 28.5 Å². The van der Waals surface area contributed by atoms with Gasteiger partial charge in [0.15, 0.2) is 0 Å². The van der Waals surface area contributed by atoms with Gasteiger partial charge >= 0.3 is 5.97 Å². The quantitative estimate of drug-likeness (QED) is 0.890. The maximum Gasteiger partial charge on any atom is 0.336 e. The maximum absolute atomic E-state index is 11.1. The Kier molecular flexibility index (Phi) is 5.58. The molecule has 0 saturated carbocycles. The van der Waals surface area contributed by atoms with Crippen LogP contribution in [0.5, 0.6) is 0 Å². The first-order chi connectivity index (χ1) is 9.11. The van der Waals surface area contributed by atoms with E-state index in [1.165, 1.54) is 0 Å². The molecule has 6 heteroatoms. The van der Waals surface area contributed by atoms with Crippen LogP contribution >= 0.6 is 12.4 Å². The molecular formula is C14H18ClN3O2. The molecule has 0 aliphatic rings. The van der Waals surface area contributed by atoms with Crippen LogP contribution in [-0.4, -0.2) is 20.9 Å². The molecule has 0 radical (unpaired) electrons. The van der Waals surface area contributed by atoms with Crippen molar-refractivity contribution in [3.63, 3.8) is 0 Å². The van der Waals surface area contributed by atoms with Crippen molar-refractivity contribution in [3.05, 3.63) is 47.3 Å². The molecule has 2 N–H and O–H groups in total. The zero-order valence-corrected chi connectivity index (χ0v) is 12.3. The molecule has 0 bridgehead atoms. The monoisotopic (exact) mass is 295 g/mol. The third-order valence-electron chi connectivity index (χ3n) is 2.99. The van der Waals surface area contributed by atoms with Crippen molar-refractivity contribution in [2.75, 3.05) is 5.32 Å². The van der Waals surface area contributed by atoms with Crippen molar-refractivity contribution in [1.29, 1.82) is 0 Å². The number of carboxylic acid groups (broad SMARTS) is 1. The van der Waals surface area contributed by atoms with Gasteiger partial charge in [0.05, 0.1) is 16.9 Å². The van der Waals surface area contributed by atoms with Gasteiger partial charge in [-0.3, -0.25) is 4.68 Å². The Morgan fingerprint density at radius 1 is 1.40 bits per heavy atom. The number of aromatic nitrogens is 2. The Morgan fingerprint density at radius 2 is 2.10 bits per heavy atom. The summed E-state index contributed by atoms with van der Waals surface area (Å²) < 4.78 is 1.85. The van der Waals surface area contributed by atoms with Crippen LogP contribution in [0.15, 0.2) is 30.5 Å². The molecule has 20 heavy (non-hydrogen) atoms. The Bertz CT molecular complexity index is 596. The molecule has 1 aromatic heterocycles. The van der Waals surface area contributed by atoms with E-state index in [1.54, 1.807) is 12.1 Å². The van der Waals surface area contributed by atoms with Gasteiger partial charge in [-0.2, -0.15) is 5.10 Å². The number of carboxylic acids is 1.